The van der Waals surface area contributed by atoms with Crippen molar-refractivity contribution in [1.29, 1.82) is 0 Å². The fourth-order valence-electron chi connectivity index (χ4n) is 1.30. The summed E-state index contributed by atoms with van der Waals surface area (Å²) in [5.41, 5.74) is 5.63. The Bertz CT molecular complexity index is 587. The molecule has 0 aliphatic heterocycles. The van der Waals surface area contributed by atoms with E-state index >= 15 is 0 Å². The summed E-state index contributed by atoms with van der Waals surface area (Å²) in [4.78, 5) is 0. The van der Waals surface area contributed by atoms with E-state index in [0.717, 1.165) is 0 Å². The van der Waals surface area contributed by atoms with E-state index < -0.39 is 10.2 Å². The molecule has 0 saturated heterocycles. The molecule has 5 N–H and O–H groups in total. The van der Waals surface area contributed by atoms with Crippen molar-refractivity contribution in [3.05, 3.63) is 24.3 Å². The highest BCUT2D eigenvalue weighted by molar-refractivity contribution is 7.90. The van der Waals surface area contributed by atoms with Crippen LogP contribution in [0.15, 0.2) is 29.4 Å². The number of nitrogens with one attached hydrogen (secondary N) is 2. The SMILES string of the molecule is CC(C)CNS(=O)(=O)Nc1cccc(OC/C(N)=N/O)c1. The predicted octanol–water partition coefficient (Wildman–Crippen LogP) is 0.714. The van der Waals surface area contributed by atoms with Crippen LogP contribution in [-0.2, 0) is 10.2 Å². The molecule has 0 atom stereocenters. The molecule has 0 spiro atoms. The molecule has 21 heavy (non-hydrogen) atoms. The molecule has 118 valence electrons. The number of anilines is 1. The Kier molecular flexibility index (Phi) is 6.25. The van der Waals surface area contributed by atoms with Gasteiger partial charge in [0.15, 0.2) is 5.84 Å². The van der Waals surface area contributed by atoms with Crippen molar-refractivity contribution in [3.63, 3.8) is 0 Å². The fourth-order valence-corrected chi connectivity index (χ4v) is 2.37. The standard InChI is InChI=1S/C12H20N4O4S/c1-9(2)7-14-21(18,19)16-10-4-3-5-11(6-10)20-8-12(13)15-17/h3-6,9,14,16-17H,7-8H2,1-2H3,(H2,13,15). The van der Waals surface area contributed by atoms with Crippen LogP contribution in [0.5, 0.6) is 5.75 Å². The Labute approximate surface area is 124 Å². The van der Waals surface area contributed by atoms with Gasteiger partial charge in [-0.05, 0) is 18.1 Å². The molecule has 0 fully saturated rings. The molecule has 1 rings (SSSR count). The summed E-state index contributed by atoms with van der Waals surface area (Å²) in [6.07, 6.45) is 0. The van der Waals surface area contributed by atoms with Gasteiger partial charge in [0, 0.05) is 12.6 Å². The Balaban J connectivity index is 2.67. The second-order valence-corrected chi connectivity index (χ2v) is 6.26. The van der Waals surface area contributed by atoms with Crippen LogP contribution < -0.4 is 19.9 Å². The van der Waals surface area contributed by atoms with E-state index in [1.54, 1.807) is 18.2 Å². The first-order valence-electron chi connectivity index (χ1n) is 6.29. The lowest BCUT2D eigenvalue weighted by atomic mass is 10.2. The highest BCUT2D eigenvalue weighted by Crippen LogP contribution is 2.18. The van der Waals surface area contributed by atoms with E-state index in [1.165, 1.54) is 6.07 Å². The third-order valence-corrected chi connectivity index (χ3v) is 3.33. The molecule has 1 aromatic rings. The van der Waals surface area contributed by atoms with Gasteiger partial charge in [-0.1, -0.05) is 25.1 Å². The minimum Gasteiger partial charge on any atom is -0.485 e. The van der Waals surface area contributed by atoms with Crippen LogP contribution in [0.2, 0.25) is 0 Å². The smallest absolute Gasteiger partial charge is 0.299 e. The average molecular weight is 316 g/mol. The number of amidine groups is 1. The molecular formula is C12H20N4O4S. The Morgan fingerprint density at radius 3 is 2.81 bits per heavy atom. The highest BCUT2D eigenvalue weighted by Gasteiger charge is 2.10. The quantitative estimate of drug-likeness (QED) is 0.243. The first kappa shape index (κ1) is 17.1. The molecule has 0 aliphatic carbocycles. The summed E-state index contributed by atoms with van der Waals surface area (Å²) in [6, 6.07) is 6.34. The third-order valence-electron chi connectivity index (χ3n) is 2.28. The van der Waals surface area contributed by atoms with Crippen molar-refractivity contribution < 1.29 is 18.4 Å². The average Bonchev–Trinajstić information content (AvgIpc) is 2.42. The summed E-state index contributed by atoms with van der Waals surface area (Å²) in [5.74, 6) is 0.516. The number of nitrogens with two attached hydrogens (primary N) is 1. The van der Waals surface area contributed by atoms with Gasteiger partial charge < -0.3 is 15.7 Å². The molecule has 0 saturated carbocycles. The van der Waals surface area contributed by atoms with Gasteiger partial charge >= 0.3 is 0 Å². The molecule has 0 radical (unpaired) electrons. The molecule has 9 heteroatoms. The Hall–Kier alpha value is -2.00. The number of rotatable bonds is 8. The molecule has 0 heterocycles. The minimum atomic E-state index is -3.63. The fraction of sp³-hybridized carbons (Fsp3) is 0.417. The van der Waals surface area contributed by atoms with E-state index in [2.05, 4.69) is 14.6 Å². The molecule has 1 aromatic carbocycles. The van der Waals surface area contributed by atoms with Crippen molar-refractivity contribution in [1.82, 2.24) is 4.72 Å². The molecule has 0 amide bonds. The van der Waals surface area contributed by atoms with Gasteiger partial charge in [-0.15, -0.1) is 0 Å². The molecular weight excluding hydrogens is 296 g/mol. The van der Waals surface area contributed by atoms with E-state index in [0.29, 0.717) is 18.0 Å². The van der Waals surface area contributed by atoms with Gasteiger partial charge in [-0.25, -0.2) is 0 Å². The van der Waals surface area contributed by atoms with Crippen molar-refractivity contribution in [2.45, 2.75) is 13.8 Å². The van der Waals surface area contributed by atoms with Crippen LogP contribution in [0.4, 0.5) is 5.69 Å². The zero-order chi connectivity index (χ0) is 15.9. The molecule has 0 bridgehead atoms. The number of nitrogens with zero attached hydrogens (tertiary/aromatic N) is 1. The topological polar surface area (TPSA) is 126 Å². The first-order chi connectivity index (χ1) is 9.82. The van der Waals surface area contributed by atoms with Gasteiger partial charge in [-0.2, -0.15) is 13.1 Å². The van der Waals surface area contributed by atoms with Crippen LogP contribution in [-0.4, -0.2) is 32.6 Å². The second kappa shape index (κ2) is 7.70. The summed E-state index contributed by atoms with van der Waals surface area (Å²) in [6.45, 7) is 4.06. The summed E-state index contributed by atoms with van der Waals surface area (Å²) in [5, 5.41) is 11.2. The van der Waals surface area contributed by atoms with Gasteiger partial charge in [0.2, 0.25) is 0 Å². The maximum absolute atomic E-state index is 11.8. The maximum atomic E-state index is 11.8. The van der Waals surface area contributed by atoms with E-state index in [1.807, 2.05) is 13.8 Å². The van der Waals surface area contributed by atoms with Crippen LogP contribution in [0, 0.1) is 5.92 Å². The summed E-state index contributed by atoms with van der Waals surface area (Å²) >= 11 is 0. The monoisotopic (exact) mass is 316 g/mol. The maximum Gasteiger partial charge on any atom is 0.299 e. The van der Waals surface area contributed by atoms with Gasteiger partial charge in [0.05, 0.1) is 5.69 Å². The first-order valence-corrected chi connectivity index (χ1v) is 7.77. The van der Waals surface area contributed by atoms with Crippen LogP contribution >= 0.6 is 0 Å². The van der Waals surface area contributed by atoms with E-state index in [-0.39, 0.29) is 18.4 Å². The number of hydrogen-bond donors (Lipinski definition) is 4. The largest absolute Gasteiger partial charge is 0.485 e. The lowest BCUT2D eigenvalue weighted by Crippen LogP contribution is -2.32. The second-order valence-electron chi connectivity index (χ2n) is 4.76. The van der Waals surface area contributed by atoms with Crippen molar-refractivity contribution in [3.8, 4) is 5.75 Å². The van der Waals surface area contributed by atoms with Crippen molar-refractivity contribution in [2.75, 3.05) is 17.9 Å². The Morgan fingerprint density at radius 1 is 1.48 bits per heavy atom. The third kappa shape index (κ3) is 6.82. The predicted molar refractivity (Wildman–Crippen MR) is 80.7 cm³/mol. The van der Waals surface area contributed by atoms with Gasteiger partial charge in [0.25, 0.3) is 10.2 Å². The lowest BCUT2D eigenvalue weighted by molar-refractivity contribution is 0.306. The number of hydrogen-bond acceptors (Lipinski definition) is 5. The lowest BCUT2D eigenvalue weighted by Gasteiger charge is -2.12. The van der Waals surface area contributed by atoms with Crippen LogP contribution in [0.25, 0.3) is 0 Å². The summed E-state index contributed by atoms with van der Waals surface area (Å²) in [7, 11) is -3.63. The number of ether oxygens (including phenoxy) is 1. The van der Waals surface area contributed by atoms with Gasteiger partial charge in [-0.3, -0.25) is 4.72 Å². The number of benzene rings is 1. The van der Waals surface area contributed by atoms with Gasteiger partial charge in [0.1, 0.15) is 12.4 Å². The zero-order valence-electron chi connectivity index (χ0n) is 11.9. The molecule has 0 unspecified atom stereocenters. The summed E-state index contributed by atoms with van der Waals surface area (Å²) < 4.78 is 33.6. The normalized spacial score (nSPS) is 12.4. The minimum absolute atomic E-state index is 0.0837. The van der Waals surface area contributed by atoms with Crippen LogP contribution in [0.3, 0.4) is 0 Å². The Morgan fingerprint density at radius 2 is 2.19 bits per heavy atom. The van der Waals surface area contributed by atoms with E-state index in [4.69, 9.17) is 15.7 Å². The van der Waals surface area contributed by atoms with Crippen molar-refractivity contribution >= 4 is 21.7 Å². The molecule has 8 nitrogen and oxygen atoms in total. The zero-order valence-corrected chi connectivity index (χ0v) is 12.7. The highest BCUT2D eigenvalue weighted by atomic mass is 32.2. The molecule has 0 aliphatic rings. The van der Waals surface area contributed by atoms with Crippen LogP contribution in [0.1, 0.15) is 13.8 Å². The molecule has 0 aromatic heterocycles. The number of oxime groups is 1. The van der Waals surface area contributed by atoms with E-state index in [9.17, 15) is 8.42 Å². The van der Waals surface area contributed by atoms with Crippen molar-refractivity contribution in [2.24, 2.45) is 16.8 Å².